The lowest BCUT2D eigenvalue weighted by Crippen LogP contribution is -2.47. The molecule has 6 nitrogen and oxygen atoms in total. The number of ether oxygens (including phenoxy) is 3. The van der Waals surface area contributed by atoms with E-state index in [4.69, 9.17) is 14.2 Å². The van der Waals surface area contributed by atoms with Gasteiger partial charge in [0, 0.05) is 38.3 Å². The van der Waals surface area contributed by atoms with Crippen LogP contribution in [0.5, 0.6) is 17.2 Å². The maximum Gasteiger partial charge on any atom is 0.142 e. The first-order valence-electron chi connectivity index (χ1n) is 10.7. The standard InChI is InChI=1S/C24H34N2O4/c1-4-5-16-30-24-9-7-6-8-21(24)26-14-12-25(13-15-26)18-22(27)20-17-19(28-2)10-11-23(20)29-3/h6-11,17,22,27H,4-5,12-16,18H2,1-3H3. The fraction of sp³-hybridized carbons (Fsp3) is 0.500. The molecule has 1 atom stereocenters. The van der Waals surface area contributed by atoms with E-state index in [-0.39, 0.29) is 0 Å². The van der Waals surface area contributed by atoms with Crippen molar-refractivity contribution in [3.63, 3.8) is 0 Å². The number of unbranched alkanes of at least 4 members (excludes halogenated alkanes) is 1. The summed E-state index contributed by atoms with van der Waals surface area (Å²) in [6.07, 6.45) is 1.56. The van der Waals surface area contributed by atoms with Crippen LogP contribution in [-0.4, -0.2) is 63.6 Å². The number of rotatable bonds is 10. The minimum Gasteiger partial charge on any atom is -0.497 e. The van der Waals surface area contributed by atoms with Crippen molar-refractivity contribution in [1.82, 2.24) is 4.90 Å². The van der Waals surface area contributed by atoms with Crippen molar-refractivity contribution in [2.24, 2.45) is 0 Å². The van der Waals surface area contributed by atoms with Crippen LogP contribution in [-0.2, 0) is 0 Å². The van der Waals surface area contributed by atoms with Gasteiger partial charge in [0.2, 0.25) is 0 Å². The summed E-state index contributed by atoms with van der Waals surface area (Å²) in [5.41, 5.74) is 1.91. The molecule has 0 spiro atoms. The van der Waals surface area contributed by atoms with Crippen molar-refractivity contribution < 1.29 is 19.3 Å². The largest absolute Gasteiger partial charge is 0.497 e. The fourth-order valence-corrected chi connectivity index (χ4v) is 3.78. The van der Waals surface area contributed by atoms with Crippen molar-refractivity contribution in [3.05, 3.63) is 48.0 Å². The van der Waals surface area contributed by atoms with Gasteiger partial charge in [0.25, 0.3) is 0 Å². The zero-order chi connectivity index (χ0) is 21.3. The molecule has 0 aromatic heterocycles. The van der Waals surface area contributed by atoms with Gasteiger partial charge in [-0.25, -0.2) is 0 Å². The molecule has 1 aliphatic heterocycles. The normalized spacial score (nSPS) is 15.7. The minimum absolute atomic E-state index is 0.562. The molecule has 0 bridgehead atoms. The Kier molecular flexibility index (Phi) is 8.22. The van der Waals surface area contributed by atoms with Crippen LogP contribution in [0.2, 0.25) is 0 Å². The molecule has 0 saturated carbocycles. The maximum atomic E-state index is 10.8. The Balaban J connectivity index is 1.59. The lowest BCUT2D eigenvalue weighted by Gasteiger charge is -2.37. The van der Waals surface area contributed by atoms with Crippen molar-refractivity contribution >= 4 is 5.69 Å². The smallest absolute Gasteiger partial charge is 0.142 e. The number of hydrogen-bond donors (Lipinski definition) is 1. The third-order valence-electron chi connectivity index (χ3n) is 5.56. The van der Waals surface area contributed by atoms with E-state index in [9.17, 15) is 5.11 Å². The van der Waals surface area contributed by atoms with Crippen LogP contribution in [0.25, 0.3) is 0 Å². The van der Waals surface area contributed by atoms with Gasteiger partial charge in [-0.05, 0) is 36.8 Å². The summed E-state index contributed by atoms with van der Waals surface area (Å²) >= 11 is 0. The quantitative estimate of drug-likeness (QED) is 0.598. The highest BCUT2D eigenvalue weighted by atomic mass is 16.5. The fourth-order valence-electron chi connectivity index (χ4n) is 3.78. The second-order valence-corrected chi connectivity index (χ2v) is 7.58. The first-order valence-corrected chi connectivity index (χ1v) is 10.7. The van der Waals surface area contributed by atoms with E-state index in [1.54, 1.807) is 14.2 Å². The molecule has 1 saturated heterocycles. The molecule has 30 heavy (non-hydrogen) atoms. The molecule has 0 amide bonds. The molecule has 3 rings (SSSR count). The first kappa shape index (κ1) is 22.2. The van der Waals surface area contributed by atoms with E-state index >= 15 is 0 Å². The van der Waals surface area contributed by atoms with E-state index in [0.29, 0.717) is 18.0 Å². The van der Waals surface area contributed by atoms with E-state index in [1.165, 1.54) is 0 Å². The molecule has 1 N–H and O–H groups in total. The predicted molar refractivity (Wildman–Crippen MR) is 120 cm³/mol. The number of hydrogen-bond acceptors (Lipinski definition) is 6. The Labute approximate surface area is 180 Å². The average Bonchev–Trinajstić information content (AvgIpc) is 2.79. The summed E-state index contributed by atoms with van der Waals surface area (Å²) in [5, 5.41) is 10.8. The number of methoxy groups -OCH3 is 2. The average molecular weight is 415 g/mol. The summed E-state index contributed by atoms with van der Waals surface area (Å²) < 4.78 is 16.7. The Morgan fingerprint density at radius 3 is 2.43 bits per heavy atom. The van der Waals surface area contributed by atoms with E-state index in [1.807, 2.05) is 24.3 Å². The van der Waals surface area contributed by atoms with Crippen LogP contribution < -0.4 is 19.1 Å². The van der Waals surface area contributed by atoms with Crippen LogP contribution in [0, 0.1) is 0 Å². The number of β-amino-alcohol motifs (C(OH)–C–C–N with tert-alkyl or cyclic N) is 1. The van der Waals surface area contributed by atoms with Crippen LogP contribution in [0.4, 0.5) is 5.69 Å². The highest BCUT2D eigenvalue weighted by Gasteiger charge is 2.23. The summed E-state index contributed by atoms with van der Waals surface area (Å²) in [6.45, 7) is 7.05. The SMILES string of the molecule is CCCCOc1ccccc1N1CCN(CC(O)c2cc(OC)ccc2OC)CC1. The zero-order valence-electron chi connectivity index (χ0n) is 18.3. The number of aliphatic hydroxyl groups excluding tert-OH is 1. The minimum atomic E-state index is -0.633. The second kappa shape index (κ2) is 11.1. The summed E-state index contributed by atoms with van der Waals surface area (Å²) in [6, 6.07) is 13.8. The van der Waals surface area contributed by atoms with Gasteiger partial charge in [-0.15, -0.1) is 0 Å². The van der Waals surface area contributed by atoms with Gasteiger partial charge in [-0.3, -0.25) is 4.90 Å². The Morgan fingerprint density at radius 2 is 1.73 bits per heavy atom. The highest BCUT2D eigenvalue weighted by Crippen LogP contribution is 2.31. The number of piperazine rings is 1. The van der Waals surface area contributed by atoms with Gasteiger partial charge in [-0.1, -0.05) is 25.5 Å². The van der Waals surface area contributed by atoms with Crippen LogP contribution in [0.15, 0.2) is 42.5 Å². The molecule has 1 fully saturated rings. The van der Waals surface area contributed by atoms with Gasteiger partial charge in [0.1, 0.15) is 17.2 Å². The lowest BCUT2D eigenvalue weighted by atomic mass is 10.1. The Bertz CT molecular complexity index is 791. The van der Waals surface area contributed by atoms with Crippen molar-refractivity contribution in [2.45, 2.75) is 25.9 Å². The molecule has 0 radical (unpaired) electrons. The number of para-hydroxylation sites is 2. The molecular weight excluding hydrogens is 380 g/mol. The summed E-state index contributed by atoms with van der Waals surface area (Å²) in [4.78, 5) is 4.66. The van der Waals surface area contributed by atoms with Crippen molar-refractivity contribution in [2.75, 3.05) is 58.5 Å². The molecule has 2 aromatic carbocycles. The van der Waals surface area contributed by atoms with Gasteiger partial charge >= 0.3 is 0 Å². The van der Waals surface area contributed by atoms with Crippen LogP contribution in [0.3, 0.4) is 0 Å². The summed E-state index contributed by atoms with van der Waals surface area (Å²) in [7, 11) is 3.25. The van der Waals surface area contributed by atoms with Gasteiger partial charge in [0.05, 0.1) is 32.6 Å². The van der Waals surface area contributed by atoms with E-state index < -0.39 is 6.10 Å². The van der Waals surface area contributed by atoms with Gasteiger partial charge < -0.3 is 24.2 Å². The molecular formula is C24H34N2O4. The molecule has 1 aliphatic rings. The topological polar surface area (TPSA) is 54.4 Å². The van der Waals surface area contributed by atoms with E-state index in [2.05, 4.69) is 34.9 Å². The second-order valence-electron chi connectivity index (χ2n) is 7.58. The van der Waals surface area contributed by atoms with Crippen LogP contribution in [0.1, 0.15) is 31.4 Å². The van der Waals surface area contributed by atoms with Gasteiger partial charge in [-0.2, -0.15) is 0 Å². The molecule has 6 heteroatoms. The summed E-state index contributed by atoms with van der Waals surface area (Å²) in [5.74, 6) is 2.36. The van der Waals surface area contributed by atoms with E-state index in [0.717, 1.165) is 62.6 Å². The maximum absolute atomic E-state index is 10.8. The number of anilines is 1. The Hall–Kier alpha value is -2.44. The molecule has 0 aliphatic carbocycles. The van der Waals surface area contributed by atoms with Gasteiger partial charge in [0.15, 0.2) is 0 Å². The molecule has 2 aromatic rings. The lowest BCUT2D eigenvalue weighted by molar-refractivity contribution is 0.107. The number of nitrogens with zero attached hydrogens (tertiary/aromatic N) is 2. The Morgan fingerprint density at radius 1 is 0.967 bits per heavy atom. The van der Waals surface area contributed by atoms with Crippen molar-refractivity contribution in [1.29, 1.82) is 0 Å². The third kappa shape index (κ3) is 5.58. The first-order chi connectivity index (χ1) is 14.7. The zero-order valence-corrected chi connectivity index (χ0v) is 18.3. The molecule has 1 unspecified atom stereocenters. The predicted octanol–water partition coefficient (Wildman–Crippen LogP) is 3.74. The third-order valence-corrected chi connectivity index (χ3v) is 5.56. The number of benzene rings is 2. The highest BCUT2D eigenvalue weighted by molar-refractivity contribution is 5.58. The monoisotopic (exact) mass is 414 g/mol. The van der Waals surface area contributed by atoms with Crippen molar-refractivity contribution in [3.8, 4) is 17.2 Å². The van der Waals surface area contributed by atoms with Crippen LogP contribution >= 0.6 is 0 Å². The molecule has 164 valence electrons. The molecule has 1 heterocycles. The number of aliphatic hydroxyl groups is 1.